The molecule has 2 aromatic rings. The number of fused-ring (bicyclic) bond motifs is 1. The molecular weight excluding hydrogens is 434 g/mol. The van der Waals surface area contributed by atoms with Gasteiger partial charge in [-0.2, -0.15) is 0 Å². The number of ether oxygens (including phenoxy) is 1. The zero-order valence-corrected chi connectivity index (χ0v) is 21.6. The Morgan fingerprint density at radius 2 is 1.80 bits per heavy atom. The van der Waals surface area contributed by atoms with E-state index < -0.39 is 5.79 Å². The summed E-state index contributed by atoms with van der Waals surface area (Å²) in [4.78, 5) is 7.27. The van der Waals surface area contributed by atoms with Crippen LogP contribution in [0.1, 0.15) is 56.9 Å². The van der Waals surface area contributed by atoms with Crippen LogP contribution in [0.4, 0.5) is 0 Å². The van der Waals surface area contributed by atoms with E-state index in [4.69, 9.17) is 15.5 Å². The van der Waals surface area contributed by atoms with Crippen molar-refractivity contribution in [3.63, 3.8) is 0 Å². The van der Waals surface area contributed by atoms with Crippen molar-refractivity contribution >= 4 is 16.6 Å². The fraction of sp³-hybridized carbons (Fsp3) is 0.552. The molecule has 1 fully saturated rings. The summed E-state index contributed by atoms with van der Waals surface area (Å²) in [5.74, 6) is 2.41. The van der Waals surface area contributed by atoms with Crippen LogP contribution in [0.3, 0.4) is 0 Å². The number of nitrogens with one attached hydrogen (secondary N) is 2. The van der Waals surface area contributed by atoms with Crippen LogP contribution in [0.25, 0.3) is 10.8 Å². The van der Waals surface area contributed by atoms with E-state index in [-0.39, 0.29) is 0 Å². The van der Waals surface area contributed by atoms with Crippen LogP contribution in [0, 0.1) is 11.8 Å². The number of methoxy groups -OCH3 is 1. The Labute approximate surface area is 210 Å². The van der Waals surface area contributed by atoms with Gasteiger partial charge in [0.1, 0.15) is 11.6 Å². The number of aliphatic imine (C=N–C) groups is 1. The highest BCUT2D eigenvalue weighted by Gasteiger charge is 2.42. The standard InChI is InChI=1S/C29H41N5O/c1-34(2)28-25-10-6-7-11-26(25)32-29(30,33-28)22-15-12-20(13-16-22)18-31-19-21-14-17-27(35-3)24-9-5-4-8-23(21)24/h4-5,8-9,14,17,20,22,31-32H,6-7,10-13,15-16,18-19,30H2,1-3H3. The number of rotatable bonds is 6. The molecule has 1 unspecified atom stereocenters. The third-order valence-corrected chi connectivity index (χ3v) is 8.22. The first-order valence-corrected chi connectivity index (χ1v) is 13.3. The van der Waals surface area contributed by atoms with Gasteiger partial charge in [-0.1, -0.05) is 30.3 Å². The van der Waals surface area contributed by atoms with Crippen molar-refractivity contribution in [3.05, 3.63) is 53.2 Å². The van der Waals surface area contributed by atoms with Gasteiger partial charge < -0.3 is 20.3 Å². The Hall–Kier alpha value is -2.57. The molecule has 2 aliphatic carbocycles. The Bertz CT molecular complexity index is 1120. The Kier molecular flexibility index (Phi) is 7.03. The second-order valence-corrected chi connectivity index (χ2v) is 10.8. The van der Waals surface area contributed by atoms with E-state index in [1.807, 2.05) is 0 Å². The first kappa shape index (κ1) is 24.1. The van der Waals surface area contributed by atoms with Gasteiger partial charge in [0.15, 0.2) is 5.79 Å². The third kappa shape index (κ3) is 4.91. The molecule has 6 nitrogen and oxygen atoms in total. The van der Waals surface area contributed by atoms with Gasteiger partial charge in [-0.05, 0) is 80.8 Å². The van der Waals surface area contributed by atoms with Gasteiger partial charge in [-0.3, -0.25) is 5.73 Å². The maximum Gasteiger partial charge on any atom is 0.187 e. The van der Waals surface area contributed by atoms with Crippen molar-refractivity contribution in [1.82, 2.24) is 15.5 Å². The van der Waals surface area contributed by atoms with E-state index >= 15 is 0 Å². The van der Waals surface area contributed by atoms with E-state index in [2.05, 4.69) is 66.0 Å². The number of allylic oxidation sites excluding steroid dienone is 1. The summed E-state index contributed by atoms with van der Waals surface area (Å²) in [6, 6.07) is 12.8. The summed E-state index contributed by atoms with van der Waals surface area (Å²) in [5, 5.41) is 9.89. The van der Waals surface area contributed by atoms with Crippen LogP contribution in [0.15, 0.2) is 52.7 Å². The first-order valence-electron chi connectivity index (χ1n) is 13.3. The summed E-state index contributed by atoms with van der Waals surface area (Å²) in [6.07, 6.45) is 9.32. The first-order chi connectivity index (χ1) is 17.0. The van der Waals surface area contributed by atoms with Crippen molar-refractivity contribution in [1.29, 1.82) is 0 Å². The van der Waals surface area contributed by atoms with Crippen molar-refractivity contribution in [3.8, 4) is 5.75 Å². The normalized spacial score (nSPS) is 26.7. The lowest BCUT2D eigenvalue weighted by Gasteiger charge is -2.45. The summed E-state index contributed by atoms with van der Waals surface area (Å²) < 4.78 is 5.55. The van der Waals surface area contributed by atoms with Gasteiger partial charge in [0, 0.05) is 43.2 Å². The number of hydrogen-bond acceptors (Lipinski definition) is 6. The highest BCUT2D eigenvalue weighted by molar-refractivity contribution is 5.99. The monoisotopic (exact) mass is 475 g/mol. The topological polar surface area (TPSA) is 74.9 Å². The second-order valence-electron chi connectivity index (χ2n) is 10.8. The van der Waals surface area contributed by atoms with Crippen LogP contribution in [-0.4, -0.2) is 44.3 Å². The van der Waals surface area contributed by atoms with Gasteiger partial charge in [0.25, 0.3) is 0 Å². The molecule has 4 N–H and O–H groups in total. The lowest BCUT2D eigenvalue weighted by atomic mass is 9.77. The maximum atomic E-state index is 6.98. The number of benzene rings is 2. The fourth-order valence-electron chi connectivity index (χ4n) is 6.25. The molecule has 1 aliphatic heterocycles. The van der Waals surface area contributed by atoms with Crippen LogP contribution in [0.2, 0.25) is 0 Å². The molecule has 188 valence electrons. The van der Waals surface area contributed by atoms with Crippen molar-refractivity contribution in [2.75, 3.05) is 27.7 Å². The zero-order valence-electron chi connectivity index (χ0n) is 21.6. The van der Waals surface area contributed by atoms with Crippen molar-refractivity contribution in [2.24, 2.45) is 22.6 Å². The Morgan fingerprint density at radius 3 is 2.54 bits per heavy atom. The highest BCUT2D eigenvalue weighted by atomic mass is 16.5. The summed E-state index contributed by atoms with van der Waals surface area (Å²) in [6.45, 7) is 1.92. The predicted octanol–water partition coefficient (Wildman–Crippen LogP) is 4.75. The lowest BCUT2D eigenvalue weighted by Crippen LogP contribution is -2.61. The van der Waals surface area contributed by atoms with Crippen molar-refractivity contribution < 1.29 is 4.74 Å². The molecule has 2 aromatic carbocycles. The van der Waals surface area contributed by atoms with E-state index in [1.165, 1.54) is 53.3 Å². The highest BCUT2D eigenvalue weighted by Crippen LogP contribution is 2.38. The van der Waals surface area contributed by atoms with E-state index in [0.29, 0.717) is 11.8 Å². The molecule has 0 amide bonds. The third-order valence-electron chi connectivity index (χ3n) is 8.22. The maximum absolute atomic E-state index is 6.98. The lowest BCUT2D eigenvalue weighted by molar-refractivity contribution is 0.150. The molecule has 0 radical (unpaired) electrons. The number of nitrogens with two attached hydrogens (primary N) is 1. The molecule has 5 rings (SSSR count). The molecule has 3 aliphatic rings. The fourth-order valence-corrected chi connectivity index (χ4v) is 6.25. The molecule has 35 heavy (non-hydrogen) atoms. The van der Waals surface area contributed by atoms with E-state index in [0.717, 1.165) is 50.4 Å². The quantitative estimate of drug-likeness (QED) is 0.562. The number of amidine groups is 1. The zero-order chi connectivity index (χ0) is 24.4. The summed E-state index contributed by atoms with van der Waals surface area (Å²) in [7, 11) is 5.93. The smallest absolute Gasteiger partial charge is 0.187 e. The van der Waals surface area contributed by atoms with Gasteiger partial charge in [0.2, 0.25) is 0 Å². The number of likely N-dealkylation sites (N-methyl/N-ethyl adjacent to an activating group) is 1. The minimum Gasteiger partial charge on any atom is -0.496 e. The summed E-state index contributed by atoms with van der Waals surface area (Å²) >= 11 is 0. The Morgan fingerprint density at radius 1 is 1.06 bits per heavy atom. The molecule has 0 bridgehead atoms. The van der Waals surface area contributed by atoms with Gasteiger partial charge in [0.05, 0.1) is 7.11 Å². The van der Waals surface area contributed by atoms with Crippen molar-refractivity contribution in [2.45, 2.75) is 63.7 Å². The Balaban J connectivity index is 1.18. The van der Waals surface area contributed by atoms with Gasteiger partial charge in [-0.25, -0.2) is 4.99 Å². The minimum absolute atomic E-state index is 0.371. The van der Waals surface area contributed by atoms with Crippen LogP contribution < -0.4 is 21.1 Å². The van der Waals surface area contributed by atoms with Crippen LogP contribution in [-0.2, 0) is 6.54 Å². The largest absolute Gasteiger partial charge is 0.496 e. The van der Waals surface area contributed by atoms with Gasteiger partial charge >= 0.3 is 0 Å². The van der Waals surface area contributed by atoms with Crippen LogP contribution >= 0.6 is 0 Å². The molecule has 0 saturated heterocycles. The average molecular weight is 476 g/mol. The van der Waals surface area contributed by atoms with E-state index in [1.54, 1.807) is 7.11 Å². The average Bonchev–Trinajstić information content (AvgIpc) is 2.88. The molecule has 0 spiro atoms. The van der Waals surface area contributed by atoms with Gasteiger partial charge in [-0.15, -0.1) is 0 Å². The number of nitrogens with zero attached hydrogens (tertiary/aromatic N) is 2. The van der Waals surface area contributed by atoms with Crippen LogP contribution in [0.5, 0.6) is 5.75 Å². The number of hydrogen-bond donors (Lipinski definition) is 3. The minimum atomic E-state index is -0.670. The molecular formula is C29H41N5O. The predicted molar refractivity (Wildman–Crippen MR) is 144 cm³/mol. The van der Waals surface area contributed by atoms with E-state index in [9.17, 15) is 0 Å². The second kappa shape index (κ2) is 10.2. The molecule has 1 saturated carbocycles. The molecule has 1 atom stereocenters. The summed E-state index contributed by atoms with van der Waals surface area (Å²) in [5.41, 5.74) is 11.0. The molecule has 0 aromatic heterocycles. The molecule has 1 heterocycles. The molecule has 6 heteroatoms. The SMILES string of the molecule is COc1ccc(CNCC2CCC(C3(N)N=C(N(C)C)C4=C(CCCC4)N3)CC2)c2ccccc12.